The van der Waals surface area contributed by atoms with E-state index in [9.17, 15) is 4.79 Å². The smallest absolute Gasteiger partial charge is 0.237 e. The number of carbonyl (C=O) groups excluding carboxylic acids is 1. The van der Waals surface area contributed by atoms with Crippen LogP contribution in [0.3, 0.4) is 0 Å². The summed E-state index contributed by atoms with van der Waals surface area (Å²) in [5.41, 5.74) is 8.70. The number of piperidine rings is 1. The van der Waals surface area contributed by atoms with Gasteiger partial charge in [0.05, 0.1) is 19.3 Å². The van der Waals surface area contributed by atoms with E-state index in [1.54, 1.807) is 0 Å². The molecule has 3 N–H and O–H groups in total. The zero-order valence-corrected chi connectivity index (χ0v) is 20.1. The quantitative estimate of drug-likeness (QED) is 0.681. The molecule has 1 amide bonds. The molecule has 3 rings (SSSR count). The molecule has 0 bridgehead atoms. The highest BCUT2D eigenvalue weighted by molar-refractivity contribution is 5.85. The van der Waals surface area contributed by atoms with Crippen molar-refractivity contribution in [2.24, 2.45) is 11.1 Å². The lowest BCUT2D eigenvalue weighted by Gasteiger charge is -2.44. The third-order valence-corrected chi connectivity index (χ3v) is 6.27. The molecule has 2 heterocycles. The molecule has 30 heavy (non-hydrogen) atoms. The maximum absolute atomic E-state index is 12.6. The highest BCUT2D eigenvalue weighted by Crippen LogP contribution is 2.28. The maximum Gasteiger partial charge on any atom is 0.237 e. The van der Waals surface area contributed by atoms with Crippen molar-refractivity contribution in [1.29, 1.82) is 0 Å². The van der Waals surface area contributed by atoms with Crippen LogP contribution in [0.4, 0.5) is 0 Å². The van der Waals surface area contributed by atoms with Crippen molar-refractivity contribution in [2.45, 2.75) is 52.4 Å². The van der Waals surface area contributed by atoms with Crippen molar-refractivity contribution >= 4 is 30.7 Å². The third kappa shape index (κ3) is 7.36. The van der Waals surface area contributed by atoms with E-state index in [0.717, 1.165) is 57.9 Å². The van der Waals surface area contributed by atoms with E-state index in [2.05, 4.69) is 53.2 Å². The SMILES string of the molecule is CC(C(=O)NCc1ccc(CN2CCOCC2)cc1)N1CCC(N)C(C)(C)C1.Cl.Cl. The first-order valence-corrected chi connectivity index (χ1v) is 10.5. The molecule has 8 heteroatoms. The number of rotatable bonds is 6. The average Bonchev–Trinajstić information content (AvgIpc) is 2.69. The number of ether oxygens (including phenoxy) is 1. The molecule has 172 valence electrons. The van der Waals surface area contributed by atoms with Gasteiger partial charge in [-0.05, 0) is 29.9 Å². The summed E-state index contributed by atoms with van der Waals surface area (Å²) in [4.78, 5) is 17.3. The van der Waals surface area contributed by atoms with Crippen LogP contribution in [0.2, 0.25) is 0 Å². The minimum absolute atomic E-state index is 0. The Hall–Kier alpha value is -0.890. The van der Waals surface area contributed by atoms with Gasteiger partial charge in [0.15, 0.2) is 0 Å². The first-order valence-electron chi connectivity index (χ1n) is 10.5. The highest BCUT2D eigenvalue weighted by atomic mass is 35.5. The molecule has 1 aromatic rings. The Morgan fingerprint density at radius 2 is 1.77 bits per heavy atom. The second-order valence-corrected chi connectivity index (χ2v) is 8.95. The van der Waals surface area contributed by atoms with Crippen molar-refractivity contribution in [3.8, 4) is 0 Å². The summed E-state index contributed by atoms with van der Waals surface area (Å²) in [6, 6.07) is 8.62. The molecular weight excluding hydrogens is 423 g/mol. The van der Waals surface area contributed by atoms with Crippen LogP contribution < -0.4 is 11.1 Å². The number of hydrogen-bond donors (Lipinski definition) is 2. The van der Waals surface area contributed by atoms with Crippen LogP contribution >= 0.6 is 24.8 Å². The number of nitrogens with zero attached hydrogens (tertiary/aromatic N) is 2. The number of halogens is 2. The summed E-state index contributed by atoms with van der Waals surface area (Å²) < 4.78 is 5.40. The van der Waals surface area contributed by atoms with Crippen LogP contribution in [0.1, 0.15) is 38.3 Å². The number of benzene rings is 1. The van der Waals surface area contributed by atoms with Gasteiger partial charge in [-0.2, -0.15) is 0 Å². The lowest BCUT2D eigenvalue weighted by molar-refractivity contribution is -0.127. The van der Waals surface area contributed by atoms with Gasteiger partial charge in [-0.25, -0.2) is 0 Å². The van der Waals surface area contributed by atoms with Crippen molar-refractivity contribution in [1.82, 2.24) is 15.1 Å². The highest BCUT2D eigenvalue weighted by Gasteiger charge is 2.36. The summed E-state index contributed by atoms with van der Waals surface area (Å²) in [5.74, 6) is 0.0867. The molecule has 0 aromatic heterocycles. The van der Waals surface area contributed by atoms with Crippen LogP contribution in [0.15, 0.2) is 24.3 Å². The van der Waals surface area contributed by atoms with Gasteiger partial charge in [-0.1, -0.05) is 38.1 Å². The zero-order valence-electron chi connectivity index (χ0n) is 18.4. The van der Waals surface area contributed by atoms with Gasteiger partial charge in [0.25, 0.3) is 0 Å². The molecule has 0 radical (unpaired) electrons. The number of nitrogens with one attached hydrogen (secondary N) is 1. The molecule has 2 atom stereocenters. The van der Waals surface area contributed by atoms with Gasteiger partial charge in [0, 0.05) is 45.3 Å². The summed E-state index contributed by atoms with van der Waals surface area (Å²) in [5, 5.41) is 3.10. The Bertz CT molecular complexity index is 651. The number of morpholine rings is 1. The van der Waals surface area contributed by atoms with Crippen LogP contribution in [0.25, 0.3) is 0 Å². The molecule has 0 spiro atoms. The fourth-order valence-electron chi connectivity index (χ4n) is 4.03. The van der Waals surface area contributed by atoms with Gasteiger partial charge < -0.3 is 15.8 Å². The largest absolute Gasteiger partial charge is 0.379 e. The zero-order chi connectivity index (χ0) is 20.1. The summed E-state index contributed by atoms with van der Waals surface area (Å²) >= 11 is 0. The fourth-order valence-corrected chi connectivity index (χ4v) is 4.03. The van der Waals surface area contributed by atoms with Crippen molar-refractivity contribution in [2.75, 3.05) is 39.4 Å². The second-order valence-electron chi connectivity index (χ2n) is 8.95. The molecule has 2 aliphatic rings. The predicted molar refractivity (Wildman–Crippen MR) is 126 cm³/mol. The summed E-state index contributed by atoms with van der Waals surface area (Å²) in [6.07, 6.45) is 0.940. The topological polar surface area (TPSA) is 70.8 Å². The number of hydrogen-bond acceptors (Lipinski definition) is 5. The van der Waals surface area contributed by atoms with E-state index in [4.69, 9.17) is 10.5 Å². The van der Waals surface area contributed by atoms with Gasteiger partial charge in [0.2, 0.25) is 5.91 Å². The Balaban J connectivity index is 0.00000225. The number of likely N-dealkylation sites (tertiary alicyclic amines) is 1. The first-order chi connectivity index (χ1) is 13.3. The van der Waals surface area contributed by atoms with Crippen LogP contribution in [0, 0.1) is 5.41 Å². The molecule has 1 aromatic carbocycles. The second kappa shape index (κ2) is 12.2. The summed E-state index contributed by atoms with van der Waals surface area (Å²) in [6.45, 7) is 13.3. The van der Waals surface area contributed by atoms with E-state index in [-0.39, 0.29) is 48.2 Å². The molecular formula is C22H38Cl2N4O2. The molecule has 0 aliphatic carbocycles. The van der Waals surface area contributed by atoms with E-state index in [0.29, 0.717) is 6.54 Å². The molecule has 2 saturated heterocycles. The van der Waals surface area contributed by atoms with Gasteiger partial charge >= 0.3 is 0 Å². The Morgan fingerprint density at radius 1 is 1.17 bits per heavy atom. The number of nitrogens with two attached hydrogens (primary N) is 1. The normalized spacial score (nSPS) is 23.0. The van der Waals surface area contributed by atoms with E-state index < -0.39 is 0 Å². The Morgan fingerprint density at radius 3 is 2.37 bits per heavy atom. The number of carbonyl (C=O) groups is 1. The van der Waals surface area contributed by atoms with E-state index >= 15 is 0 Å². The van der Waals surface area contributed by atoms with Crippen LogP contribution in [0.5, 0.6) is 0 Å². The maximum atomic E-state index is 12.6. The monoisotopic (exact) mass is 460 g/mol. The van der Waals surface area contributed by atoms with Gasteiger partial charge in [-0.3, -0.25) is 14.6 Å². The minimum Gasteiger partial charge on any atom is -0.379 e. The van der Waals surface area contributed by atoms with Crippen molar-refractivity contribution < 1.29 is 9.53 Å². The minimum atomic E-state index is -0.132. The fraction of sp³-hybridized carbons (Fsp3) is 0.682. The van der Waals surface area contributed by atoms with Gasteiger partial charge in [0.1, 0.15) is 0 Å². The Kier molecular flexibility index (Phi) is 11.1. The lowest BCUT2D eigenvalue weighted by atomic mass is 9.79. The molecule has 2 fully saturated rings. The van der Waals surface area contributed by atoms with E-state index in [1.807, 2.05) is 6.92 Å². The van der Waals surface area contributed by atoms with Crippen LogP contribution in [-0.4, -0.2) is 67.2 Å². The van der Waals surface area contributed by atoms with Gasteiger partial charge in [-0.15, -0.1) is 24.8 Å². The number of amides is 1. The lowest BCUT2D eigenvalue weighted by Crippen LogP contribution is -2.57. The average molecular weight is 461 g/mol. The Labute approximate surface area is 193 Å². The van der Waals surface area contributed by atoms with Crippen molar-refractivity contribution in [3.63, 3.8) is 0 Å². The molecule has 6 nitrogen and oxygen atoms in total. The molecule has 0 saturated carbocycles. The predicted octanol–water partition coefficient (Wildman–Crippen LogP) is 2.43. The first kappa shape index (κ1) is 27.1. The van der Waals surface area contributed by atoms with Crippen molar-refractivity contribution in [3.05, 3.63) is 35.4 Å². The summed E-state index contributed by atoms with van der Waals surface area (Å²) in [7, 11) is 0. The third-order valence-electron chi connectivity index (χ3n) is 6.27. The molecule has 2 unspecified atom stereocenters. The van der Waals surface area contributed by atoms with E-state index in [1.165, 1.54) is 5.56 Å². The van der Waals surface area contributed by atoms with Crippen LogP contribution in [-0.2, 0) is 22.6 Å². The molecule has 2 aliphatic heterocycles. The standard InChI is InChI=1S/C22H36N4O2.2ClH/c1-17(26-9-8-20(23)22(2,3)16-26)21(27)24-14-18-4-6-19(7-5-18)15-25-10-12-28-13-11-25;;/h4-7,17,20H,8-16,23H2,1-3H3,(H,24,27);2*1H.